The van der Waals surface area contributed by atoms with Crippen LogP contribution in [0.25, 0.3) is 11.0 Å². The molecule has 0 fully saturated rings. The Bertz CT molecular complexity index is 1120. The molecule has 136 valence electrons. The quantitative estimate of drug-likeness (QED) is 0.719. The molecule has 27 heavy (non-hydrogen) atoms. The van der Waals surface area contributed by atoms with Gasteiger partial charge in [0, 0.05) is 5.56 Å². The Balaban J connectivity index is 1.86. The van der Waals surface area contributed by atoms with Crippen molar-refractivity contribution in [2.45, 2.75) is 5.66 Å². The zero-order valence-electron chi connectivity index (χ0n) is 15.0. The Labute approximate surface area is 155 Å². The molecule has 8 nitrogen and oxygen atoms in total. The van der Waals surface area contributed by atoms with Crippen LogP contribution in [0.1, 0.15) is 5.56 Å². The van der Waals surface area contributed by atoms with Crippen LogP contribution in [0.5, 0.6) is 0 Å². The first-order valence-corrected chi connectivity index (χ1v) is 8.69. The van der Waals surface area contributed by atoms with E-state index in [4.69, 9.17) is 5.73 Å². The van der Waals surface area contributed by atoms with Crippen LogP contribution >= 0.6 is 0 Å². The summed E-state index contributed by atoms with van der Waals surface area (Å²) in [7, 11) is 3.86. The largest absolute Gasteiger partial charge is 0.370 e. The normalized spacial score (nSPS) is 20.8. The van der Waals surface area contributed by atoms with Gasteiger partial charge in [-0.2, -0.15) is 0 Å². The highest BCUT2D eigenvalue weighted by atomic mass is 16.2. The van der Waals surface area contributed by atoms with E-state index in [2.05, 4.69) is 15.3 Å². The van der Waals surface area contributed by atoms with Gasteiger partial charge < -0.3 is 5.73 Å². The average Bonchev–Trinajstić information content (AvgIpc) is 3.11. The molecular weight excluding hydrogens is 342 g/mol. The molecule has 3 N–H and O–H groups in total. The van der Waals surface area contributed by atoms with Crippen molar-refractivity contribution >= 4 is 34.5 Å². The maximum Gasteiger partial charge on any atom is 0.282 e. The number of benzene rings is 2. The summed E-state index contributed by atoms with van der Waals surface area (Å²) in [6.45, 7) is 0.447. The van der Waals surface area contributed by atoms with Gasteiger partial charge in [0.05, 0.1) is 23.4 Å². The number of carbonyl (C=O) groups excluding carboxylic acids is 1. The number of aliphatic imine (C=N–C) groups is 1. The summed E-state index contributed by atoms with van der Waals surface area (Å²) in [5, 5.41) is 3.01. The number of rotatable bonds is 2. The van der Waals surface area contributed by atoms with Gasteiger partial charge in [0.15, 0.2) is 5.96 Å². The number of hydrogen-bond acceptors (Lipinski definition) is 6. The molecule has 0 radical (unpaired) electrons. The van der Waals surface area contributed by atoms with E-state index in [-0.39, 0.29) is 11.9 Å². The summed E-state index contributed by atoms with van der Waals surface area (Å²) in [4.78, 5) is 26.8. The number of amides is 1. The molecule has 1 spiro atoms. The van der Waals surface area contributed by atoms with Crippen molar-refractivity contribution in [3.63, 3.8) is 0 Å². The number of nitrogens with one attached hydrogen (secondary N) is 1. The lowest BCUT2D eigenvalue weighted by molar-refractivity contribution is -0.124. The van der Waals surface area contributed by atoms with E-state index in [0.717, 1.165) is 22.3 Å². The van der Waals surface area contributed by atoms with E-state index >= 15 is 0 Å². The molecule has 0 saturated heterocycles. The monoisotopic (exact) mass is 361 g/mol. The molecule has 1 amide bonds. The van der Waals surface area contributed by atoms with Crippen LogP contribution < -0.4 is 16.0 Å². The maximum atomic E-state index is 13.8. The first-order valence-electron chi connectivity index (χ1n) is 8.69. The number of carbonyl (C=O) groups is 1. The number of fused-ring (bicyclic) bond motifs is 6. The predicted molar refractivity (Wildman–Crippen MR) is 105 cm³/mol. The first-order chi connectivity index (χ1) is 13.0. The number of imidazole rings is 1. The number of nitrogens with two attached hydrogens (primary N) is 1. The molecule has 0 unspecified atom stereocenters. The summed E-state index contributed by atoms with van der Waals surface area (Å²) in [5.41, 5.74) is 8.03. The minimum Gasteiger partial charge on any atom is -0.370 e. The fraction of sp³-hybridized carbons (Fsp3) is 0.211. The topological polar surface area (TPSA) is 91.8 Å². The van der Waals surface area contributed by atoms with Crippen molar-refractivity contribution in [3.8, 4) is 0 Å². The third-order valence-corrected chi connectivity index (χ3v) is 4.94. The summed E-state index contributed by atoms with van der Waals surface area (Å²) in [6.07, 6.45) is 0. The molecule has 5 rings (SSSR count). The van der Waals surface area contributed by atoms with Crippen molar-refractivity contribution in [1.29, 1.82) is 0 Å². The Morgan fingerprint density at radius 2 is 1.89 bits per heavy atom. The van der Waals surface area contributed by atoms with E-state index in [9.17, 15) is 4.79 Å². The molecule has 3 aromatic rings. The molecule has 2 aliphatic rings. The Morgan fingerprint density at radius 1 is 1.15 bits per heavy atom. The van der Waals surface area contributed by atoms with Crippen LogP contribution in [0.15, 0.2) is 53.5 Å². The second-order valence-electron chi connectivity index (χ2n) is 7.03. The van der Waals surface area contributed by atoms with Crippen molar-refractivity contribution in [2.75, 3.05) is 31.0 Å². The molecule has 0 bridgehead atoms. The molecule has 2 aromatic carbocycles. The predicted octanol–water partition coefficient (Wildman–Crippen LogP) is 1.34. The summed E-state index contributed by atoms with van der Waals surface area (Å²) in [5.74, 6) is 0.539. The van der Waals surface area contributed by atoms with Crippen LogP contribution in [0.2, 0.25) is 0 Å². The molecule has 0 aliphatic carbocycles. The fourth-order valence-corrected chi connectivity index (χ4v) is 3.97. The molecular formula is C19H19N7O. The molecule has 1 atom stereocenters. The molecule has 2 aliphatic heterocycles. The van der Waals surface area contributed by atoms with Gasteiger partial charge in [-0.05, 0) is 32.3 Å². The molecule has 1 aromatic heterocycles. The lowest BCUT2D eigenvalue weighted by Crippen LogP contribution is -2.51. The number of hydrogen-bond donors (Lipinski definition) is 2. The number of para-hydroxylation sites is 3. The first kappa shape index (κ1) is 15.8. The smallest absolute Gasteiger partial charge is 0.282 e. The minimum atomic E-state index is -1.30. The van der Waals surface area contributed by atoms with Gasteiger partial charge in [0.1, 0.15) is 0 Å². The lowest BCUT2D eigenvalue weighted by Gasteiger charge is -2.32. The highest BCUT2D eigenvalue weighted by Gasteiger charge is 2.56. The third-order valence-electron chi connectivity index (χ3n) is 4.94. The van der Waals surface area contributed by atoms with Gasteiger partial charge in [-0.25, -0.2) is 9.98 Å². The van der Waals surface area contributed by atoms with Crippen LogP contribution in [-0.2, 0) is 10.5 Å². The SMILES string of the molecule is CN(C)CN1C(=O)[C@]2(N=C(N)Nc3nc4ccccc4n32)c2ccccc21. The second-order valence-corrected chi connectivity index (χ2v) is 7.03. The summed E-state index contributed by atoms with van der Waals surface area (Å²) >= 11 is 0. The highest BCUT2D eigenvalue weighted by molar-refractivity contribution is 6.12. The Kier molecular flexibility index (Phi) is 3.11. The van der Waals surface area contributed by atoms with Crippen molar-refractivity contribution < 1.29 is 4.79 Å². The van der Waals surface area contributed by atoms with E-state index in [1.54, 1.807) is 4.90 Å². The van der Waals surface area contributed by atoms with Crippen molar-refractivity contribution in [1.82, 2.24) is 14.5 Å². The van der Waals surface area contributed by atoms with Crippen molar-refractivity contribution in [3.05, 3.63) is 54.1 Å². The van der Waals surface area contributed by atoms with E-state index in [1.165, 1.54) is 0 Å². The molecule has 0 saturated carbocycles. The van der Waals surface area contributed by atoms with Crippen LogP contribution in [0.4, 0.5) is 11.6 Å². The van der Waals surface area contributed by atoms with Crippen LogP contribution in [-0.4, -0.2) is 47.1 Å². The van der Waals surface area contributed by atoms with Crippen LogP contribution in [0, 0.1) is 0 Å². The number of guanidine groups is 1. The standard InChI is InChI=1S/C19H19N7O/c1-24(2)11-25-14-9-5-3-7-12(14)19(16(25)27)23-17(20)22-18-21-13-8-4-6-10-15(13)26(18)19/h3-10H,11H2,1-2H3,(H3,20,21,22,23)/t19-/m0/s1. The average molecular weight is 361 g/mol. The number of aromatic nitrogens is 2. The zero-order chi connectivity index (χ0) is 18.8. The Morgan fingerprint density at radius 3 is 2.70 bits per heavy atom. The number of anilines is 2. The maximum absolute atomic E-state index is 13.8. The lowest BCUT2D eigenvalue weighted by atomic mass is 10.00. The van der Waals surface area contributed by atoms with Gasteiger partial charge in [0.25, 0.3) is 5.91 Å². The van der Waals surface area contributed by atoms with Gasteiger partial charge in [-0.1, -0.05) is 30.3 Å². The second kappa shape index (κ2) is 5.31. The third kappa shape index (κ3) is 1.98. The highest BCUT2D eigenvalue weighted by Crippen LogP contribution is 2.47. The van der Waals surface area contributed by atoms with Gasteiger partial charge in [0.2, 0.25) is 11.6 Å². The van der Waals surface area contributed by atoms with Gasteiger partial charge in [-0.3, -0.25) is 24.5 Å². The molecule has 3 heterocycles. The van der Waals surface area contributed by atoms with Crippen LogP contribution in [0.3, 0.4) is 0 Å². The summed E-state index contributed by atoms with van der Waals surface area (Å²) in [6, 6.07) is 15.4. The van der Waals surface area contributed by atoms with E-state index in [0.29, 0.717) is 12.6 Å². The van der Waals surface area contributed by atoms with Gasteiger partial charge >= 0.3 is 0 Å². The zero-order valence-corrected chi connectivity index (χ0v) is 15.0. The molecule has 8 heteroatoms. The van der Waals surface area contributed by atoms with Crippen molar-refractivity contribution in [2.24, 2.45) is 10.7 Å². The van der Waals surface area contributed by atoms with E-state index < -0.39 is 5.66 Å². The van der Waals surface area contributed by atoms with E-state index in [1.807, 2.05) is 72.1 Å². The Hall–Kier alpha value is -3.39. The van der Waals surface area contributed by atoms with Gasteiger partial charge in [-0.15, -0.1) is 0 Å². The fourth-order valence-electron chi connectivity index (χ4n) is 3.97. The minimum absolute atomic E-state index is 0.147. The summed E-state index contributed by atoms with van der Waals surface area (Å²) < 4.78 is 1.86. The number of nitrogens with zero attached hydrogens (tertiary/aromatic N) is 5.